The lowest BCUT2D eigenvalue weighted by atomic mass is 10.2. The van der Waals surface area contributed by atoms with E-state index in [0.717, 1.165) is 34.6 Å². The number of carbonyl (C=O) groups excluding carboxylic acids is 2. The molecule has 4 rings (SSSR count). The fourth-order valence-electron chi connectivity index (χ4n) is 2.80. The third-order valence-electron chi connectivity index (χ3n) is 4.29. The van der Waals surface area contributed by atoms with E-state index in [9.17, 15) is 9.59 Å². The van der Waals surface area contributed by atoms with E-state index in [0.29, 0.717) is 19.0 Å². The lowest BCUT2D eigenvalue weighted by molar-refractivity contribution is -0.126. The van der Waals surface area contributed by atoms with E-state index in [1.165, 1.54) is 16.7 Å². The molecule has 0 spiro atoms. The first-order chi connectivity index (χ1) is 11.6. The third kappa shape index (κ3) is 2.84. The number of hydrogen-bond donors (Lipinski definition) is 1. The van der Waals surface area contributed by atoms with Crippen LogP contribution in [0.25, 0.3) is 10.9 Å². The number of hydrogen-bond acceptors (Lipinski definition) is 5. The molecule has 6 nitrogen and oxygen atoms in total. The number of urea groups is 1. The molecule has 24 heavy (non-hydrogen) atoms. The second kappa shape index (κ2) is 6.05. The molecule has 1 saturated heterocycles. The Morgan fingerprint density at radius 1 is 1.33 bits per heavy atom. The molecule has 2 aromatic rings. The van der Waals surface area contributed by atoms with Gasteiger partial charge in [-0.25, -0.2) is 14.8 Å². The van der Waals surface area contributed by atoms with Gasteiger partial charge in [-0.2, -0.15) is 0 Å². The molecule has 3 amide bonds. The summed E-state index contributed by atoms with van der Waals surface area (Å²) in [5.74, 6) is 1.14. The smallest absolute Gasteiger partial charge is 0.324 e. The van der Waals surface area contributed by atoms with E-state index in [-0.39, 0.29) is 17.2 Å². The number of imide groups is 1. The maximum atomic E-state index is 12.5. The van der Waals surface area contributed by atoms with Crippen LogP contribution in [0.1, 0.15) is 31.5 Å². The normalized spacial score (nSPS) is 18.7. The standard InChI is InChI=1S/C17H18N4O2S/c1-10(16(22)21-9-8-18-17(21)23)24-15-12-4-2-3-5-13(12)19-14(20-15)11-6-7-11/h2-5,10-11H,6-9H2,1H3,(H,18,23). The van der Waals surface area contributed by atoms with E-state index in [1.54, 1.807) is 0 Å². The predicted octanol–water partition coefficient (Wildman–Crippen LogP) is 2.54. The quantitative estimate of drug-likeness (QED) is 0.683. The number of amides is 3. The van der Waals surface area contributed by atoms with Crippen molar-refractivity contribution in [1.82, 2.24) is 20.2 Å². The Morgan fingerprint density at radius 3 is 2.83 bits per heavy atom. The van der Waals surface area contributed by atoms with Crippen molar-refractivity contribution in [2.75, 3.05) is 13.1 Å². The molecule has 1 atom stereocenters. The Kier molecular flexibility index (Phi) is 3.88. The average molecular weight is 342 g/mol. The Hall–Kier alpha value is -2.15. The highest BCUT2D eigenvalue weighted by Gasteiger charge is 2.32. The van der Waals surface area contributed by atoms with E-state index < -0.39 is 0 Å². The van der Waals surface area contributed by atoms with Crippen LogP contribution in [0.15, 0.2) is 29.3 Å². The molecule has 1 N–H and O–H groups in total. The van der Waals surface area contributed by atoms with Gasteiger partial charge >= 0.3 is 6.03 Å². The summed E-state index contributed by atoms with van der Waals surface area (Å²) in [4.78, 5) is 34.9. The van der Waals surface area contributed by atoms with Gasteiger partial charge in [-0.15, -0.1) is 0 Å². The molecular weight excluding hydrogens is 324 g/mol. The molecule has 1 aliphatic heterocycles. The van der Waals surface area contributed by atoms with Crippen LogP contribution in [0.4, 0.5) is 4.79 Å². The van der Waals surface area contributed by atoms with Crippen LogP contribution < -0.4 is 5.32 Å². The largest absolute Gasteiger partial charge is 0.336 e. The van der Waals surface area contributed by atoms with E-state index in [1.807, 2.05) is 31.2 Å². The van der Waals surface area contributed by atoms with Crippen molar-refractivity contribution in [2.24, 2.45) is 0 Å². The van der Waals surface area contributed by atoms with Crippen LogP contribution in [0.5, 0.6) is 0 Å². The summed E-state index contributed by atoms with van der Waals surface area (Å²) in [5.41, 5.74) is 0.912. The van der Waals surface area contributed by atoms with Crippen LogP contribution in [0, 0.1) is 0 Å². The van der Waals surface area contributed by atoms with Crippen LogP contribution in [-0.4, -0.2) is 45.1 Å². The predicted molar refractivity (Wildman–Crippen MR) is 91.9 cm³/mol. The van der Waals surface area contributed by atoms with Crippen molar-refractivity contribution in [2.45, 2.75) is 36.0 Å². The first-order valence-corrected chi connectivity index (χ1v) is 9.04. The van der Waals surface area contributed by atoms with Crippen LogP contribution >= 0.6 is 11.8 Å². The van der Waals surface area contributed by atoms with Gasteiger partial charge < -0.3 is 5.32 Å². The van der Waals surface area contributed by atoms with Gasteiger partial charge in [0.15, 0.2) is 0 Å². The number of para-hydroxylation sites is 1. The first-order valence-electron chi connectivity index (χ1n) is 8.16. The average Bonchev–Trinajstić information content (AvgIpc) is 3.35. The molecule has 0 radical (unpaired) electrons. The van der Waals surface area contributed by atoms with Gasteiger partial charge in [0.2, 0.25) is 5.91 Å². The Morgan fingerprint density at radius 2 is 2.12 bits per heavy atom. The van der Waals surface area contributed by atoms with Gasteiger partial charge in [-0.05, 0) is 25.8 Å². The third-order valence-corrected chi connectivity index (χ3v) is 5.38. The van der Waals surface area contributed by atoms with Crippen molar-refractivity contribution < 1.29 is 9.59 Å². The molecule has 1 aromatic heterocycles. The summed E-state index contributed by atoms with van der Waals surface area (Å²) in [6.45, 7) is 2.77. The summed E-state index contributed by atoms with van der Waals surface area (Å²) in [5, 5.41) is 4.06. The summed E-state index contributed by atoms with van der Waals surface area (Å²) >= 11 is 1.41. The van der Waals surface area contributed by atoms with Gasteiger partial charge in [0.25, 0.3) is 0 Å². The van der Waals surface area contributed by atoms with E-state index in [2.05, 4.69) is 10.3 Å². The van der Waals surface area contributed by atoms with Crippen molar-refractivity contribution >= 4 is 34.6 Å². The number of nitrogens with zero attached hydrogens (tertiary/aromatic N) is 3. The Balaban J connectivity index is 1.63. The molecule has 1 aromatic carbocycles. The second-order valence-electron chi connectivity index (χ2n) is 6.16. The second-order valence-corrected chi connectivity index (χ2v) is 7.49. The van der Waals surface area contributed by atoms with Gasteiger partial charge in [0, 0.05) is 24.4 Å². The van der Waals surface area contributed by atoms with E-state index >= 15 is 0 Å². The number of fused-ring (bicyclic) bond motifs is 1. The monoisotopic (exact) mass is 342 g/mol. The molecule has 7 heteroatoms. The maximum Gasteiger partial charge on any atom is 0.324 e. The number of rotatable bonds is 4. The fraction of sp³-hybridized carbons (Fsp3) is 0.412. The van der Waals surface area contributed by atoms with Gasteiger partial charge in [0.1, 0.15) is 10.9 Å². The van der Waals surface area contributed by atoms with Crippen LogP contribution in [-0.2, 0) is 4.79 Å². The number of carbonyl (C=O) groups is 2. The summed E-state index contributed by atoms with van der Waals surface area (Å²) < 4.78 is 0. The molecule has 1 saturated carbocycles. The first kappa shape index (κ1) is 15.4. The number of aromatic nitrogens is 2. The van der Waals surface area contributed by atoms with Gasteiger partial charge in [-0.1, -0.05) is 30.0 Å². The molecule has 1 aliphatic carbocycles. The SMILES string of the molecule is CC(Sc1nc(C2CC2)nc2ccccc12)C(=O)N1CCNC1=O. The van der Waals surface area contributed by atoms with Crippen molar-refractivity contribution in [3.8, 4) is 0 Å². The van der Waals surface area contributed by atoms with Crippen LogP contribution in [0.3, 0.4) is 0 Å². The topological polar surface area (TPSA) is 75.2 Å². The zero-order chi connectivity index (χ0) is 16.7. The lowest BCUT2D eigenvalue weighted by Crippen LogP contribution is -2.38. The molecule has 1 unspecified atom stereocenters. The van der Waals surface area contributed by atoms with Crippen molar-refractivity contribution in [3.63, 3.8) is 0 Å². The minimum atomic E-state index is -0.376. The summed E-state index contributed by atoms with van der Waals surface area (Å²) in [6, 6.07) is 7.57. The van der Waals surface area contributed by atoms with Gasteiger partial charge in [0.05, 0.1) is 10.8 Å². The highest BCUT2D eigenvalue weighted by molar-refractivity contribution is 8.00. The minimum Gasteiger partial charge on any atom is -0.336 e. The fourth-order valence-corrected chi connectivity index (χ4v) is 3.81. The molecule has 0 bridgehead atoms. The van der Waals surface area contributed by atoms with Gasteiger partial charge in [-0.3, -0.25) is 9.69 Å². The minimum absolute atomic E-state index is 0.175. The lowest BCUT2D eigenvalue weighted by Gasteiger charge is -2.18. The highest BCUT2D eigenvalue weighted by atomic mass is 32.2. The Bertz CT molecular complexity index is 821. The number of nitrogens with one attached hydrogen (secondary N) is 1. The van der Waals surface area contributed by atoms with E-state index in [4.69, 9.17) is 4.98 Å². The highest BCUT2D eigenvalue weighted by Crippen LogP contribution is 2.40. The zero-order valence-electron chi connectivity index (χ0n) is 13.4. The Labute approximate surface area is 144 Å². The maximum absolute atomic E-state index is 12.5. The molecular formula is C17H18N4O2S. The molecule has 2 fully saturated rings. The number of benzene rings is 1. The summed E-state index contributed by atoms with van der Waals surface area (Å²) in [6.07, 6.45) is 2.26. The van der Waals surface area contributed by atoms with Crippen molar-refractivity contribution in [3.05, 3.63) is 30.1 Å². The summed E-state index contributed by atoms with van der Waals surface area (Å²) in [7, 11) is 0. The van der Waals surface area contributed by atoms with Crippen molar-refractivity contribution in [1.29, 1.82) is 0 Å². The van der Waals surface area contributed by atoms with Crippen LogP contribution in [0.2, 0.25) is 0 Å². The number of thioether (sulfide) groups is 1. The molecule has 2 heterocycles. The zero-order valence-corrected chi connectivity index (χ0v) is 14.2. The molecule has 124 valence electrons. The molecule has 2 aliphatic rings.